The first-order valence-corrected chi connectivity index (χ1v) is 11.6. The summed E-state index contributed by atoms with van der Waals surface area (Å²) in [4.78, 5) is 12.9. The fraction of sp³-hybridized carbons (Fsp3) is 0.545. The third-order valence-electron chi connectivity index (χ3n) is 4.95. The summed E-state index contributed by atoms with van der Waals surface area (Å²) in [7, 11) is 1.65. The van der Waals surface area contributed by atoms with E-state index in [2.05, 4.69) is 45.0 Å². The number of guanidine groups is 1. The van der Waals surface area contributed by atoms with Gasteiger partial charge in [0, 0.05) is 49.9 Å². The van der Waals surface area contributed by atoms with Crippen molar-refractivity contribution in [1.29, 1.82) is 0 Å². The van der Waals surface area contributed by atoms with E-state index in [1.807, 2.05) is 12.1 Å². The number of aromatic nitrogens is 1. The van der Waals surface area contributed by atoms with Crippen LogP contribution in [0.2, 0.25) is 0 Å². The van der Waals surface area contributed by atoms with E-state index in [-0.39, 0.29) is 0 Å². The zero-order valence-electron chi connectivity index (χ0n) is 18.4. The Hall–Kier alpha value is -2.20. The molecule has 2 aromatic heterocycles. The smallest absolute Gasteiger partial charge is 0.218 e. The molecule has 31 heavy (non-hydrogen) atoms. The highest BCUT2D eigenvalue weighted by Gasteiger charge is 2.23. The number of nitrogens with zero attached hydrogens (tertiary/aromatic N) is 3. The van der Waals surface area contributed by atoms with Crippen molar-refractivity contribution < 1.29 is 14.2 Å². The molecule has 170 valence electrons. The third kappa shape index (κ3) is 7.46. The van der Waals surface area contributed by atoms with Gasteiger partial charge in [-0.25, -0.2) is 9.98 Å². The molecule has 1 saturated heterocycles. The molecule has 0 saturated carbocycles. The standard InChI is InChI=1S/C22H33N5O3S/c1-3-23-22(25-16-18-6-4-8-24-21(18)30-14-13-28-2)26-17-19(20-7-5-15-31-20)27-9-11-29-12-10-27/h4-8,15,19H,3,9-14,16-17H2,1-2H3,(H2,23,25,26). The van der Waals surface area contributed by atoms with Crippen LogP contribution in [0.15, 0.2) is 40.8 Å². The molecular formula is C22H33N5O3S. The van der Waals surface area contributed by atoms with E-state index < -0.39 is 0 Å². The molecule has 0 aliphatic carbocycles. The van der Waals surface area contributed by atoms with Gasteiger partial charge in [0.15, 0.2) is 5.96 Å². The zero-order chi connectivity index (χ0) is 21.7. The minimum absolute atomic E-state index is 0.291. The van der Waals surface area contributed by atoms with Gasteiger partial charge in [0.05, 0.1) is 32.4 Å². The number of methoxy groups -OCH3 is 1. The van der Waals surface area contributed by atoms with E-state index in [1.165, 1.54) is 4.88 Å². The number of ether oxygens (including phenoxy) is 3. The van der Waals surface area contributed by atoms with Gasteiger partial charge in [0.25, 0.3) is 0 Å². The molecule has 9 heteroatoms. The molecule has 1 aliphatic heterocycles. The molecule has 1 aliphatic rings. The first-order valence-electron chi connectivity index (χ1n) is 10.7. The topological polar surface area (TPSA) is 80.2 Å². The van der Waals surface area contributed by atoms with Crippen molar-refractivity contribution >= 4 is 17.3 Å². The molecule has 2 aromatic rings. The first kappa shape index (κ1) is 23.5. The lowest BCUT2D eigenvalue weighted by molar-refractivity contribution is 0.0177. The molecule has 1 unspecified atom stereocenters. The number of aliphatic imine (C=N–C) groups is 1. The number of thiophene rings is 1. The zero-order valence-corrected chi connectivity index (χ0v) is 19.2. The molecule has 2 N–H and O–H groups in total. The fourth-order valence-electron chi connectivity index (χ4n) is 3.38. The van der Waals surface area contributed by atoms with Gasteiger partial charge in [-0.1, -0.05) is 12.1 Å². The summed E-state index contributed by atoms with van der Waals surface area (Å²) in [5, 5.41) is 9.01. The predicted molar refractivity (Wildman–Crippen MR) is 124 cm³/mol. The Morgan fingerprint density at radius 3 is 2.87 bits per heavy atom. The van der Waals surface area contributed by atoms with E-state index >= 15 is 0 Å². The summed E-state index contributed by atoms with van der Waals surface area (Å²) in [6.45, 7) is 8.54. The van der Waals surface area contributed by atoms with E-state index in [4.69, 9.17) is 19.2 Å². The van der Waals surface area contributed by atoms with Crippen LogP contribution in [0.25, 0.3) is 0 Å². The Labute approximate surface area is 188 Å². The van der Waals surface area contributed by atoms with E-state index in [0.717, 1.165) is 50.9 Å². The van der Waals surface area contributed by atoms with Gasteiger partial charge in [-0.3, -0.25) is 4.90 Å². The summed E-state index contributed by atoms with van der Waals surface area (Å²) >= 11 is 1.79. The van der Waals surface area contributed by atoms with Crippen LogP contribution in [0.1, 0.15) is 23.4 Å². The van der Waals surface area contributed by atoms with Crippen LogP contribution in [0.3, 0.4) is 0 Å². The van der Waals surface area contributed by atoms with Crippen molar-refractivity contribution in [3.63, 3.8) is 0 Å². The van der Waals surface area contributed by atoms with E-state index in [1.54, 1.807) is 24.6 Å². The molecule has 0 spiro atoms. The van der Waals surface area contributed by atoms with Crippen LogP contribution >= 0.6 is 11.3 Å². The summed E-state index contributed by atoms with van der Waals surface area (Å²) in [6.07, 6.45) is 1.73. The molecule has 3 rings (SSSR count). The Balaban J connectivity index is 1.65. The number of morpholine rings is 1. The number of pyridine rings is 1. The molecule has 0 radical (unpaired) electrons. The second kappa shape index (κ2) is 13.3. The summed E-state index contributed by atoms with van der Waals surface area (Å²) < 4.78 is 16.3. The Bertz CT molecular complexity index is 781. The number of hydrogen-bond donors (Lipinski definition) is 2. The lowest BCUT2D eigenvalue weighted by Gasteiger charge is -2.34. The molecule has 3 heterocycles. The normalized spacial score (nSPS) is 16.1. The second-order valence-corrected chi connectivity index (χ2v) is 8.04. The molecule has 1 atom stereocenters. The summed E-state index contributed by atoms with van der Waals surface area (Å²) in [6, 6.07) is 8.50. The average molecular weight is 448 g/mol. The minimum atomic E-state index is 0.291. The van der Waals surface area contributed by atoms with E-state index in [9.17, 15) is 0 Å². The van der Waals surface area contributed by atoms with Crippen molar-refractivity contribution in [2.75, 3.05) is 59.7 Å². The number of nitrogens with one attached hydrogen (secondary N) is 2. The number of hydrogen-bond acceptors (Lipinski definition) is 7. The van der Waals surface area contributed by atoms with Crippen molar-refractivity contribution in [1.82, 2.24) is 20.5 Å². The molecule has 8 nitrogen and oxygen atoms in total. The van der Waals surface area contributed by atoms with Crippen molar-refractivity contribution in [3.05, 3.63) is 46.3 Å². The SMILES string of the molecule is CCNC(=NCc1cccnc1OCCOC)NCC(c1cccs1)N1CCOCC1. The van der Waals surface area contributed by atoms with Gasteiger partial charge >= 0.3 is 0 Å². The quantitative estimate of drug-likeness (QED) is 0.311. The average Bonchev–Trinajstić information content (AvgIpc) is 3.34. The van der Waals surface area contributed by atoms with Crippen LogP contribution < -0.4 is 15.4 Å². The maximum Gasteiger partial charge on any atom is 0.218 e. The minimum Gasteiger partial charge on any atom is -0.475 e. The monoisotopic (exact) mass is 447 g/mol. The van der Waals surface area contributed by atoms with Gasteiger partial charge in [-0.15, -0.1) is 11.3 Å². The van der Waals surface area contributed by atoms with Crippen LogP contribution in [-0.4, -0.2) is 75.6 Å². The van der Waals surface area contributed by atoms with Gasteiger partial charge in [-0.05, 0) is 24.4 Å². The Morgan fingerprint density at radius 2 is 2.13 bits per heavy atom. The first-order chi connectivity index (χ1) is 15.3. The van der Waals surface area contributed by atoms with Crippen molar-refractivity contribution in [2.45, 2.75) is 19.5 Å². The molecule has 0 aromatic carbocycles. The highest BCUT2D eigenvalue weighted by atomic mass is 32.1. The Morgan fingerprint density at radius 1 is 1.26 bits per heavy atom. The van der Waals surface area contributed by atoms with Crippen LogP contribution in [0.4, 0.5) is 0 Å². The summed E-state index contributed by atoms with van der Waals surface area (Å²) in [5.41, 5.74) is 0.943. The predicted octanol–water partition coefficient (Wildman–Crippen LogP) is 2.30. The largest absolute Gasteiger partial charge is 0.475 e. The molecule has 0 bridgehead atoms. The fourth-order valence-corrected chi connectivity index (χ4v) is 4.24. The molecular weight excluding hydrogens is 414 g/mol. The van der Waals surface area contributed by atoms with Gasteiger partial charge in [0.1, 0.15) is 6.61 Å². The highest BCUT2D eigenvalue weighted by molar-refractivity contribution is 7.10. The van der Waals surface area contributed by atoms with Gasteiger partial charge in [-0.2, -0.15) is 0 Å². The number of rotatable bonds is 11. The second-order valence-electron chi connectivity index (χ2n) is 7.06. The lowest BCUT2D eigenvalue weighted by Crippen LogP contribution is -2.46. The highest BCUT2D eigenvalue weighted by Crippen LogP contribution is 2.25. The van der Waals surface area contributed by atoms with Crippen molar-refractivity contribution in [3.8, 4) is 5.88 Å². The summed E-state index contributed by atoms with van der Waals surface area (Å²) in [5.74, 6) is 1.38. The van der Waals surface area contributed by atoms with Crippen LogP contribution in [0, 0.1) is 0 Å². The van der Waals surface area contributed by atoms with Gasteiger partial charge in [0.2, 0.25) is 5.88 Å². The van der Waals surface area contributed by atoms with Crippen LogP contribution in [-0.2, 0) is 16.0 Å². The molecule has 0 amide bonds. The lowest BCUT2D eigenvalue weighted by atomic mass is 10.2. The molecule has 1 fully saturated rings. The maximum atomic E-state index is 5.73. The van der Waals surface area contributed by atoms with Gasteiger partial charge < -0.3 is 24.8 Å². The van der Waals surface area contributed by atoms with Crippen LogP contribution in [0.5, 0.6) is 5.88 Å². The maximum absolute atomic E-state index is 5.73. The Kier molecular flexibility index (Phi) is 10.0. The van der Waals surface area contributed by atoms with Crippen molar-refractivity contribution in [2.24, 2.45) is 4.99 Å². The third-order valence-corrected chi connectivity index (χ3v) is 5.92. The van der Waals surface area contributed by atoms with E-state index in [0.29, 0.717) is 31.7 Å².